The number of hydrogen-bond acceptors (Lipinski definition) is 6. The maximum atomic E-state index is 12.6. The lowest BCUT2D eigenvalue weighted by atomic mass is 10.2. The monoisotopic (exact) mass is 381 g/mol. The highest BCUT2D eigenvalue weighted by atomic mass is 35.5. The lowest BCUT2D eigenvalue weighted by molar-refractivity contribution is 0.547. The molecule has 5 rings (SSSR count). The first kappa shape index (κ1) is 16.3. The Kier molecular flexibility index (Phi) is 3.84. The molecular weight excluding hydrogens is 366 g/mol. The van der Waals surface area contributed by atoms with E-state index in [4.69, 9.17) is 16.0 Å². The van der Waals surface area contributed by atoms with Crippen LogP contribution >= 0.6 is 11.6 Å². The maximum absolute atomic E-state index is 12.6. The summed E-state index contributed by atoms with van der Waals surface area (Å²) in [5, 5.41) is 4.59. The summed E-state index contributed by atoms with van der Waals surface area (Å²) in [6.07, 6.45) is 3.60. The molecular formula is C19H16ClN5O2. The average molecular weight is 382 g/mol. The minimum Gasteiger partial charge on any atom is -0.403 e. The van der Waals surface area contributed by atoms with Gasteiger partial charge in [0.2, 0.25) is 5.71 Å². The first-order valence-electron chi connectivity index (χ1n) is 8.73. The zero-order valence-corrected chi connectivity index (χ0v) is 15.1. The molecule has 5 heterocycles. The number of pyridine rings is 2. The van der Waals surface area contributed by atoms with Crippen LogP contribution in [0.1, 0.15) is 0 Å². The fourth-order valence-corrected chi connectivity index (χ4v) is 3.56. The van der Waals surface area contributed by atoms with Gasteiger partial charge in [-0.15, -0.1) is 0 Å². The zero-order chi connectivity index (χ0) is 18.4. The quantitative estimate of drug-likeness (QED) is 0.575. The van der Waals surface area contributed by atoms with Crippen molar-refractivity contribution in [1.82, 2.24) is 19.7 Å². The molecule has 0 radical (unpaired) electrons. The van der Waals surface area contributed by atoms with Crippen LogP contribution in [0.15, 0.2) is 51.9 Å². The van der Waals surface area contributed by atoms with E-state index in [1.54, 1.807) is 22.7 Å². The molecule has 0 bridgehead atoms. The summed E-state index contributed by atoms with van der Waals surface area (Å²) < 4.78 is 7.30. The van der Waals surface area contributed by atoms with Crippen LogP contribution in [-0.2, 0) is 0 Å². The summed E-state index contributed by atoms with van der Waals surface area (Å²) in [4.78, 5) is 23.8. The van der Waals surface area contributed by atoms with Crippen molar-refractivity contribution in [3.05, 3.63) is 58.2 Å². The van der Waals surface area contributed by atoms with Crippen LogP contribution in [0.2, 0.25) is 5.02 Å². The van der Waals surface area contributed by atoms with Crippen LogP contribution in [-0.4, -0.2) is 40.5 Å². The van der Waals surface area contributed by atoms with Crippen LogP contribution in [0.3, 0.4) is 0 Å². The van der Waals surface area contributed by atoms with Gasteiger partial charge in [0.05, 0.1) is 16.3 Å². The van der Waals surface area contributed by atoms with Gasteiger partial charge in [-0.1, -0.05) is 11.6 Å². The van der Waals surface area contributed by atoms with E-state index in [1.165, 1.54) is 0 Å². The molecule has 0 unspecified atom stereocenters. The first-order chi connectivity index (χ1) is 13.2. The Balaban J connectivity index is 1.60. The van der Waals surface area contributed by atoms with E-state index in [2.05, 4.69) is 20.2 Å². The molecule has 1 fully saturated rings. The van der Waals surface area contributed by atoms with Crippen molar-refractivity contribution in [1.29, 1.82) is 0 Å². The molecule has 0 spiro atoms. The second-order valence-electron chi connectivity index (χ2n) is 6.46. The van der Waals surface area contributed by atoms with Crippen molar-refractivity contribution in [3.63, 3.8) is 0 Å². The third kappa shape index (κ3) is 2.85. The van der Waals surface area contributed by atoms with Crippen molar-refractivity contribution in [3.8, 4) is 11.3 Å². The second-order valence-corrected chi connectivity index (χ2v) is 6.87. The highest BCUT2D eigenvalue weighted by Gasteiger charge is 2.16. The summed E-state index contributed by atoms with van der Waals surface area (Å²) in [7, 11) is 0. The molecule has 0 aliphatic carbocycles. The third-order valence-corrected chi connectivity index (χ3v) is 5.03. The first-order valence-corrected chi connectivity index (χ1v) is 9.11. The number of nitrogens with one attached hydrogen (secondary N) is 1. The van der Waals surface area contributed by atoms with Gasteiger partial charge in [-0.3, -0.25) is 0 Å². The van der Waals surface area contributed by atoms with Crippen molar-refractivity contribution >= 4 is 34.2 Å². The van der Waals surface area contributed by atoms with Gasteiger partial charge < -0.3 is 19.0 Å². The van der Waals surface area contributed by atoms with E-state index in [0.29, 0.717) is 27.6 Å². The number of nitrogens with zero attached hydrogens (tertiary/aromatic N) is 4. The smallest absolute Gasteiger partial charge is 0.347 e. The summed E-state index contributed by atoms with van der Waals surface area (Å²) in [6, 6.07) is 9.24. The van der Waals surface area contributed by atoms with Gasteiger partial charge in [-0.25, -0.2) is 9.78 Å². The molecule has 1 aliphatic heterocycles. The molecule has 4 aromatic heterocycles. The Morgan fingerprint density at radius 3 is 2.81 bits per heavy atom. The van der Waals surface area contributed by atoms with Gasteiger partial charge in [0.1, 0.15) is 5.82 Å². The number of hydrogen-bond donors (Lipinski definition) is 1. The van der Waals surface area contributed by atoms with Gasteiger partial charge in [-0.05, 0) is 30.3 Å². The number of rotatable bonds is 2. The highest BCUT2D eigenvalue weighted by Crippen LogP contribution is 2.24. The number of halogens is 1. The van der Waals surface area contributed by atoms with Gasteiger partial charge in [0.15, 0.2) is 5.65 Å². The largest absolute Gasteiger partial charge is 0.403 e. The van der Waals surface area contributed by atoms with E-state index in [0.717, 1.165) is 37.4 Å². The van der Waals surface area contributed by atoms with Crippen LogP contribution in [0, 0.1) is 0 Å². The topological polar surface area (TPSA) is 75.7 Å². The van der Waals surface area contributed by atoms with Gasteiger partial charge in [0.25, 0.3) is 0 Å². The van der Waals surface area contributed by atoms with Crippen molar-refractivity contribution in [2.75, 3.05) is 31.1 Å². The van der Waals surface area contributed by atoms with Crippen LogP contribution in [0.25, 0.3) is 28.0 Å². The normalized spacial score (nSPS) is 14.9. The number of fused-ring (bicyclic) bond motifs is 2. The molecule has 27 heavy (non-hydrogen) atoms. The van der Waals surface area contributed by atoms with Crippen LogP contribution in [0.4, 0.5) is 5.82 Å². The molecule has 1 N–H and O–H groups in total. The predicted molar refractivity (Wildman–Crippen MR) is 105 cm³/mol. The average Bonchev–Trinajstić information content (AvgIpc) is 3.13. The maximum Gasteiger partial charge on any atom is 0.347 e. The molecule has 7 nitrogen and oxygen atoms in total. The summed E-state index contributed by atoms with van der Waals surface area (Å²) in [5.41, 5.74) is 1.37. The lowest BCUT2D eigenvalue weighted by Gasteiger charge is -2.28. The van der Waals surface area contributed by atoms with E-state index < -0.39 is 5.63 Å². The summed E-state index contributed by atoms with van der Waals surface area (Å²) in [6.45, 7) is 3.59. The van der Waals surface area contributed by atoms with Gasteiger partial charge in [-0.2, -0.15) is 4.98 Å². The van der Waals surface area contributed by atoms with E-state index in [9.17, 15) is 4.79 Å². The zero-order valence-electron chi connectivity index (χ0n) is 14.4. The van der Waals surface area contributed by atoms with E-state index >= 15 is 0 Å². The van der Waals surface area contributed by atoms with Crippen molar-refractivity contribution in [2.45, 2.75) is 0 Å². The number of anilines is 1. The molecule has 136 valence electrons. The van der Waals surface area contributed by atoms with Gasteiger partial charge in [0, 0.05) is 44.0 Å². The fourth-order valence-electron chi connectivity index (χ4n) is 3.35. The summed E-state index contributed by atoms with van der Waals surface area (Å²) >= 11 is 6.18. The molecule has 8 heteroatoms. The molecule has 0 amide bonds. The molecule has 0 saturated carbocycles. The number of piperazine rings is 1. The Morgan fingerprint density at radius 2 is 2.00 bits per heavy atom. The van der Waals surface area contributed by atoms with Gasteiger partial charge >= 0.3 is 5.63 Å². The lowest BCUT2D eigenvalue weighted by Crippen LogP contribution is -2.43. The third-order valence-electron chi connectivity index (χ3n) is 4.74. The summed E-state index contributed by atoms with van der Waals surface area (Å²) in [5.74, 6) is 0.819. The second kappa shape index (κ2) is 6.37. The Bertz CT molecular complexity index is 1210. The molecule has 0 aromatic carbocycles. The Hall–Kier alpha value is -2.90. The minimum absolute atomic E-state index is 0.335. The Labute approximate surface area is 159 Å². The van der Waals surface area contributed by atoms with E-state index in [1.807, 2.05) is 24.4 Å². The number of aromatic nitrogens is 3. The van der Waals surface area contributed by atoms with E-state index in [-0.39, 0.29) is 0 Å². The predicted octanol–water partition coefficient (Wildman–Crippen LogP) is 2.57. The molecule has 0 atom stereocenters. The molecule has 1 saturated heterocycles. The standard InChI is InChI=1S/C19H16ClN5O2/c20-14-2-1-7-25-11-15(22-17(14)25)13-10-12-3-4-16(23-18(12)27-19(13)26)24-8-5-21-6-9-24/h1-4,7,10-11,21H,5-6,8-9H2. The van der Waals surface area contributed by atoms with Crippen molar-refractivity contribution < 1.29 is 4.42 Å². The van der Waals surface area contributed by atoms with Crippen LogP contribution in [0.5, 0.6) is 0 Å². The number of imidazole rings is 1. The molecule has 4 aromatic rings. The molecule has 1 aliphatic rings. The highest BCUT2D eigenvalue weighted by molar-refractivity contribution is 6.33. The van der Waals surface area contributed by atoms with Crippen LogP contribution < -0.4 is 15.8 Å². The minimum atomic E-state index is -0.466. The Morgan fingerprint density at radius 1 is 1.15 bits per heavy atom. The van der Waals surface area contributed by atoms with Crippen molar-refractivity contribution in [2.24, 2.45) is 0 Å². The SMILES string of the molecule is O=c1oc2nc(N3CCNCC3)ccc2cc1-c1cn2cccc(Cl)c2n1. The fraction of sp³-hybridized carbons (Fsp3) is 0.211.